The van der Waals surface area contributed by atoms with Crippen molar-refractivity contribution in [2.45, 2.75) is 57.4 Å². The van der Waals surface area contributed by atoms with Crippen LogP contribution >= 0.6 is 0 Å². The number of carbonyl (C=O) groups excluding carboxylic acids is 1. The Labute approximate surface area is 187 Å². The van der Waals surface area contributed by atoms with E-state index in [1.807, 2.05) is 12.1 Å². The van der Waals surface area contributed by atoms with Gasteiger partial charge in [0.1, 0.15) is 5.75 Å². The second-order valence-electron chi connectivity index (χ2n) is 9.55. The van der Waals surface area contributed by atoms with E-state index in [2.05, 4.69) is 32.1 Å². The molecule has 0 radical (unpaired) electrons. The lowest BCUT2D eigenvalue weighted by Crippen LogP contribution is -2.50. The molecule has 0 atom stereocenters. The zero-order valence-electron chi connectivity index (χ0n) is 19.2. The number of rotatable bonds is 5. The lowest BCUT2D eigenvalue weighted by atomic mass is 9.89. The van der Waals surface area contributed by atoms with Gasteiger partial charge in [-0.3, -0.25) is 0 Å². The van der Waals surface area contributed by atoms with Crippen molar-refractivity contribution >= 4 is 11.7 Å². The van der Waals surface area contributed by atoms with Crippen LogP contribution in [-0.2, 0) is 0 Å². The molecule has 0 unspecified atom stereocenters. The van der Waals surface area contributed by atoms with Gasteiger partial charge in [-0.25, -0.2) is 4.79 Å². The molecule has 2 amide bonds. The molecule has 6 nitrogen and oxygen atoms in total. The fourth-order valence-corrected chi connectivity index (χ4v) is 5.43. The molecule has 172 valence electrons. The van der Waals surface area contributed by atoms with Gasteiger partial charge in [-0.1, -0.05) is 19.3 Å². The van der Waals surface area contributed by atoms with E-state index in [1.54, 1.807) is 7.11 Å². The monoisotopic (exact) mass is 428 g/mol. The summed E-state index contributed by atoms with van der Waals surface area (Å²) in [4.78, 5) is 20.0. The first-order chi connectivity index (χ1) is 15.2. The molecular weight excluding hydrogens is 388 g/mol. The Morgan fingerprint density at radius 2 is 1.65 bits per heavy atom. The van der Waals surface area contributed by atoms with Crippen molar-refractivity contribution in [3.05, 3.63) is 24.3 Å². The molecular formula is C25H40N4O2. The number of carbonyl (C=O) groups is 1. The van der Waals surface area contributed by atoms with Crippen molar-refractivity contribution in [3.8, 4) is 5.75 Å². The minimum Gasteiger partial charge on any atom is -0.497 e. The highest BCUT2D eigenvalue weighted by atomic mass is 16.5. The van der Waals surface area contributed by atoms with Gasteiger partial charge in [-0.15, -0.1) is 0 Å². The highest BCUT2D eigenvalue weighted by Crippen LogP contribution is 2.25. The Kier molecular flexibility index (Phi) is 7.95. The van der Waals surface area contributed by atoms with E-state index < -0.39 is 0 Å². The summed E-state index contributed by atoms with van der Waals surface area (Å²) in [5.41, 5.74) is 1.23. The lowest BCUT2D eigenvalue weighted by molar-refractivity contribution is 0.185. The molecule has 1 N–H and O–H groups in total. The lowest BCUT2D eigenvalue weighted by Gasteiger charge is -2.35. The van der Waals surface area contributed by atoms with Gasteiger partial charge in [-0.2, -0.15) is 0 Å². The molecule has 0 spiro atoms. The van der Waals surface area contributed by atoms with E-state index in [0.29, 0.717) is 0 Å². The maximum atomic E-state index is 12.9. The van der Waals surface area contributed by atoms with Gasteiger partial charge in [0.2, 0.25) is 0 Å². The van der Waals surface area contributed by atoms with Crippen molar-refractivity contribution in [1.29, 1.82) is 0 Å². The minimum atomic E-state index is 0.141. The van der Waals surface area contributed by atoms with Gasteiger partial charge in [0.05, 0.1) is 7.11 Å². The molecule has 31 heavy (non-hydrogen) atoms. The fraction of sp³-hybridized carbons (Fsp3) is 0.720. The van der Waals surface area contributed by atoms with Crippen LogP contribution in [-0.4, -0.2) is 74.8 Å². The van der Waals surface area contributed by atoms with Crippen LogP contribution in [0.25, 0.3) is 0 Å². The van der Waals surface area contributed by atoms with Gasteiger partial charge in [0.15, 0.2) is 0 Å². The minimum absolute atomic E-state index is 0.141. The van der Waals surface area contributed by atoms with Gasteiger partial charge < -0.3 is 24.8 Å². The maximum absolute atomic E-state index is 12.9. The van der Waals surface area contributed by atoms with Crippen LogP contribution in [0.3, 0.4) is 0 Å². The van der Waals surface area contributed by atoms with E-state index >= 15 is 0 Å². The van der Waals surface area contributed by atoms with Crippen LogP contribution in [0.2, 0.25) is 0 Å². The Bertz CT molecular complexity index is 681. The van der Waals surface area contributed by atoms with Gasteiger partial charge in [0.25, 0.3) is 0 Å². The van der Waals surface area contributed by atoms with Crippen LogP contribution in [0.1, 0.15) is 51.4 Å². The second kappa shape index (κ2) is 11.1. The molecule has 1 aromatic carbocycles. The number of piperidine rings is 1. The summed E-state index contributed by atoms with van der Waals surface area (Å²) in [6.07, 6.45) is 10.1. The summed E-state index contributed by atoms with van der Waals surface area (Å²) in [7, 11) is 1.70. The van der Waals surface area contributed by atoms with Crippen LogP contribution in [0.4, 0.5) is 10.5 Å². The number of urea groups is 1. The van der Waals surface area contributed by atoms with Gasteiger partial charge >= 0.3 is 6.03 Å². The number of methoxy groups -OCH3 is 1. The Balaban J connectivity index is 1.19. The van der Waals surface area contributed by atoms with E-state index in [9.17, 15) is 4.79 Å². The number of nitrogens with zero attached hydrogens (tertiary/aromatic N) is 3. The third-order valence-corrected chi connectivity index (χ3v) is 7.38. The molecule has 1 aromatic rings. The number of benzene rings is 1. The summed E-state index contributed by atoms with van der Waals surface area (Å²) in [6, 6.07) is 8.69. The molecule has 6 heteroatoms. The first kappa shape index (κ1) is 22.3. The van der Waals surface area contributed by atoms with Crippen molar-refractivity contribution in [3.63, 3.8) is 0 Å². The Morgan fingerprint density at radius 3 is 2.35 bits per heavy atom. The average molecular weight is 429 g/mol. The van der Waals surface area contributed by atoms with Gasteiger partial charge in [-0.05, 0) is 68.8 Å². The normalized spacial score (nSPS) is 22.2. The number of amides is 2. The quantitative estimate of drug-likeness (QED) is 0.771. The summed E-state index contributed by atoms with van der Waals surface area (Å²) in [6.45, 7) is 7.11. The highest BCUT2D eigenvalue weighted by Gasteiger charge is 2.25. The van der Waals surface area contributed by atoms with Crippen molar-refractivity contribution in [2.75, 3.05) is 57.8 Å². The SMILES string of the molecule is COc1ccc(N2CCC(NC(=O)N3CCCN(CC4CCCCC4)CC3)CC2)cc1. The van der Waals surface area contributed by atoms with E-state index in [-0.39, 0.29) is 12.1 Å². The zero-order valence-corrected chi connectivity index (χ0v) is 19.2. The number of hydrogen-bond donors (Lipinski definition) is 1. The summed E-state index contributed by atoms with van der Waals surface area (Å²) >= 11 is 0. The average Bonchev–Trinajstić information content (AvgIpc) is 3.06. The predicted octanol–water partition coefficient (Wildman–Crippen LogP) is 3.96. The first-order valence-corrected chi connectivity index (χ1v) is 12.4. The standard InChI is InChI=1S/C25H40N4O2/c1-31-24-10-8-23(9-11-24)28-16-12-22(13-17-28)26-25(30)29-15-5-14-27(18-19-29)20-21-6-3-2-4-7-21/h8-11,21-22H,2-7,12-20H2,1H3,(H,26,30). The molecule has 3 aliphatic rings. The Morgan fingerprint density at radius 1 is 0.903 bits per heavy atom. The largest absolute Gasteiger partial charge is 0.497 e. The molecule has 0 bridgehead atoms. The van der Waals surface area contributed by atoms with E-state index in [1.165, 1.54) is 44.3 Å². The molecule has 4 rings (SSSR count). The first-order valence-electron chi connectivity index (χ1n) is 12.4. The maximum Gasteiger partial charge on any atom is 0.317 e. The topological polar surface area (TPSA) is 48.1 Å². The summed E-state index contributed by atoms with van der Waals surface area (Å²) in [5.74, 6) is 1.77. The number of hydrogen-bond acceptors (Lipinski definition) is 4. The summed E-state index contributed by atoms with van der Waals surface area (Å²) in [5, 5.41) is 3.32. The molecule has 2 saturated heterocycles. The molecule has 0 aromatic heterocycles. The van der Waals surface area contributed by atoms with Gasteiger partial charge in [0, 0.05) is 51.0 Å². The predicted molar refractivity (Wildman–Crippen MR) is 126 cm³/mol. The number of anilines is 1. The van der Waals surface area contributed by atoms with Crippen molar-refractivity contribution in [2.24, 2.45) is 5.92 Å². The zero-order chi connectivity index (χ0) is 21.5. The third kappa shape index (κ3) is 6.28. The molecule has 1 aliphatic carbocycles. The highest BCUT2D eigenvalue weighted by molar-refractivity contribution is 5.74. The summed E-state index contributed by atoms with van der Waals surface area (Å²) < 4.78 is 5.25. The smallest absolute Gasteiger partial charge is 0.317 e. The van der Waals surface area contributed by atoms with Crippen LogP contribution in [0.15, 0.2) is 24.3 Å². The second-order valence-corrected chi connectivity index (χ2v) is 9.55. The molecule has 2 heterocycles. The molecule has 1 saturated carbocycles. The van der Waals surface area contributed by atoms with Crippen molar-refractivity contribution in [1.82, 2.24) is 15.1 Å². The number of ether oxygens (including phenoxy) is 1. The fourth-order valence-electron chi connectivity index (χ4n) is 5.43. The molecule has 2 aliphatic heterocycles. The van der Waals surface area contributed by atoms with Crippen molar-refractivity contribution < 1.29 is 9.53 Å². The van der Waals surface area contributed by atoms with Crippen LogP contribution < -0.4 is 15.0 Å². The Hall–Kier alpha value is -1.95. The number of nitrogens with one attached hydrogen (secondary N) is 1. The third-order valence-electron chi connectivity index (χ3n) is 7.38. The van der Waals surface area contributed by atoms with E-state index in [0.717, 1.165) is 70.2 Å². The van der Waals surface area contributed by atoms with Crippen LogP contribution in [0.5, 0.6) is 5.75 Å². The molecule has 3 fully saturated rings. The van der Waals surface area contributed by atoms with Crippen LogP contribution in [0, 0.1) is 5.92 Å². The van der Waals surface area contributed by atoms with E-state index in [4.69, 9.17) is 4.74 Å².